The Morgan fingerprint density at radius 2 is 1.90 bits per heavy atom. The molecule has 0 amide bonds. The number of halogens is 3. The van der Waals surface area contributed by atoms with Gasteiger partial charge < -0.3 is 14.2 Å². The first-order valence-corrected chi connectivity index (χ1v) is 9.61. The lowest BCUT2D eigenvalue weighted by Crippen LogP contribution is -2.29. The average Bonchev–Trinajstić information content (AvgIpc) is 3.11. The van der Waals surface area contributed by atoms with E-state index in [1.165, 1.54) is 0 Å². The molecule has 0 saturated carbocycles. The molecule has 2 bridgehead atoms. The van der Waals surface area contributed by atoms with E-state index in [9.17, 15) is 0 Å². The lowest BCUT2D eigenvalue weighted by molar-refractivity contribution is -0.0308. The van der Waals surface area contributed by atoms with E-state index in [1.807, 2.05) is 6.08 Å². The Kier molecular flexibility index (Phi) is 5.53. The van der Waals surface area contributed by atoms with Crippen molar-refractivity contribution in [3.05, 3.63) is 16.8 Å². The Morgan fingerprint density at radius 3 is 2.67 bits per heavy atom. The van der Waals surface area contributed by atoms with Gasteiger partial charge in [-0.2, -0.15) is 0 Å². The smallest absolute Gasteiger partial charge is 0.110 e. The zero-order chi connectivity index (χ0) is 15.0. The van der Waals surface area contributed by atoms with Gasteiger partial charge in [0.05, 0.1) is 35.9 Å². The molecule has 3 fully saturated rings. The third-order valence-electron chi connectivity index (χ3n) is 4.35. The van der Waals surface area contributed by atoms with E-state index in [-0.39, 0.29) is 42.0 Å². The van der Waals surface area contributed by atoms with Crippen molar-refractivity contribution in [3.63, 3.8) is 0 Å². The summed E-state index contributed by atoms with van der Waals surface area (Å²) in [7, 11) is 0. The van der Waals surface area contributed by atoms with Crippen LogP contribution in [-0.2, 0) is 14.2 Å². The van der Waals surface area contributed by atoms with Gasteiger partial charge in [0.2, 0.25) is 0 Å². The summed E-state index contributed by atoms with van der Waals surface area (Å²) in [4.78, 5) is 1.99. The first-order chi connectivity index (χ1) is 10.1. The van der Waals surface area contributed by atoms with Crippen LogP contribution in [0, 0.1) is 0 Å². The molecule has 3 aliphatic heterocycles. The zero-order valence-corrected chi connectivity index (χ0v) is 15.7. The highest BCUT2D eigenvalue weighted by atomic mass is 79.9. The Morgan fingerprint density at radius 1 is 1.10 bits per heavy atom. The third-order valence-corrected chi connectivity index (χ3v) is 6.04. The van der Waals surface area contributed by atoms with Crippen LogP contribution in [0.3, 0.4) is 0 Å². The Hall–Kier alpha value is 0.650. The van der Waals surface area contributed by atoms with Gasteiger partial charge in [0.25, 0.3) is 0 Å². The summed E-state index contributed by atoms with van der Waals surface area (Å²) >= 11 is 13.5. The number of hydrogen-bond donors (Lipinski definition) is 0. The molecular formula is C15H19Br2ClO3. The molecule has 8 atom stereocenters. The second kappa shape index (κ2) is 7.04. The van der Waals surface area contributed by atoms with Crippen molar-refractivity contribution in [1.29, 1.82) is 0 Å². The van der Waals surface area contributed by atoms with E-state index in [0.29, 0.717) is 4.83 Å². The second-order valence-corrected chi connectivity index (χ2v) is 8.11. The van der Waals surface area contributed by atoms with Crippen LogP contribution >= 0.6 is 43.5 Å². The van der Waals surface area contributed by atoms with Crippen molar-refractivity contribution in [1.82, 2.24) is 0 Å². The monoisotopic (exact) mass is 440 g/mol. The lowest BCUT2D eigenvalue weighted by Gasteiger charge is -2.22. The molecule has 3 aliphatic rings. The zero-order valence-electron chi connectivity index (χ0n) is 11.8. The van der Waals surface area contributed by atoms with Gasteiger partial charge in [0.1, 0.15) is 6.10 Å². The molecule has 6 heteroatoms. The van der Waals surface area contributed by atoms with E-state index in [0.717, 1.165) is 19.3 Å². The van der Waals surface area contributed by atoms with Crippen LogP contribution in [0.5, 0.6) is 0 Å². The fourth-order valence-electron chi connectivity index (χ4n) is 3.20. The molecule has 3 nitrogen and oxygen atoms in total. The van der Waals surface area contributed by atoms with E-state index < -0.39 is 0 Å². The molecule has 3 rings (SSSR count). The predicted molar refractivity (Wildman–Crippen MR) is 89.4 cm³/mol. The third kappa shape index (κ3) is 3.95. The predicted octanol–water partition coefficient (Wildman–Crippen LogP) is 3.91. The topological polar surface area (TPSA) is 31.0 Å². The number of fused-ring (bicyclic) bond motifs is 3. The molecule has 0 radical (unpaired) electrons. The van der Waals surface area contributed by atoms with Crippen LogP contribution in [0.25, 0.3) is 0 Å². The normalized spacial score (nSPS) is 49.5. The second-order valence-electron chi connectivity index (χ2n) is 5.91. The van der Waals surface area contributed by atoms with Crippen LogP contribution in [0.1, 0.15) is 26.2 Å². The highest BCUT2D eigenvalue weighted by Crippen LogP contribution is 2.40. The van der Waals surface area contributed by atoms with Crippen molar-refractivity contribution in [2.75, 3.05) is 0 Å². The fraction of sp³-hybridized carbons (Fsp3) is 0.800. The van der Waals surface area contributed by atoms with Gasteiger partial charge in [-0.1, -0.05) is 31.9 Å². The maximum Gasteiger partial charge on any atom is 0.110 e. The van der Waals surface area contributed by atoms with Crippen molar-refractivity contribution < 1.29 is 14.2 Å². The molecule has 0 N–H and O–H groups in total. The molecule has 118 valence electrons. The van der Waals surface area contributed by atoms with Crippen LogP contribution in [0.2, 0.25) is 0 Å². The largest absolute Gasteiger partial charge is 0.372 e. The van der Waals surface area contributed by atoms with Gasteiger partial charge in [-0.05, 0) is 25.8 Å². The molecule has 3 saturated heterocycles. The SMILES string of the molecule is C[C@@H]1OC(C=C=CBr)C[C@H]2O[C@@H](C[C@H]2Cl)[C@@H](Br)C[C@@H]2O[C@@H]12. The minimum atomic E-state index is -0.0597. The molecule has 0 spiro atoms. The van der Waals surface area contributed by atoms with Gasteiger partial charge in [-0.3, -0.25) is 0 Å². The minimum absolute atomic E-state index is 0.0256. The van der Waals surface area contributed by atoms with Crippen LogP contribution < -0.4 is 0 Å². The molecular weight excluding hydrogens is 423 g/mol. The average molecular weight is 443 g/mol. The quantitative estimate of drug-likeness (QED) is 0.351. The van der Waals surface area contributed by atoms with E-state index in [2.05, 4.69) is 44.5 Å². The van der Waals surface area contributed by atoms with Crippen molar-refractivity contribution in [2.24, 2.45) is 0 Å². The van der Waals surface area contributed by atoms with Gasteiger partial charge in [0, 0.05) is 16.2 Å². The summed E-state index contributed by atoms with van der Waals surface area (Å²) in [6.45, 7) is 2.07. The molecule has 0 aromatic carbocycles. The van der Waals surface area contributed by atoms with Crippen LogP contribution in [-0.4, -0.2) is 46.8 Å². The summed E-state index contributed by atoms with van der Waals surface area (Å²) in [6.07, 6.45) is 5.14. The van der Waals surface area contributed by atoms with Gasteiger partial charge >= 0.3 is 0 Å². The van der Waals surface area contributed by atoms with Crippen LogP contribution in [0.4, 0.5) is 0 Å². The lowest BCUT2D eigenvalue weighted by atomic mass is 10.0. The summed E-state index contributed by atoms with van der Waals surface area (Å²) in [5.41, 5.74) is 3.04. The highest BCUT2D eigenvalue weighted by Gasteiger charge is 2.48. The van der Waals surface area contributed by atoms with Gasteiger partial charge in [0.15, 0.2) is 0 Å². The summed E-state index contributed by atoms with van der Waals surface area (Å²) in [5, 5.41) is 0.0353. The van der Waals surface area contributed by atoms with Crippen LogP contribution in [0.15, 0.2) is 16.8 Å². The number of alkyl halides is 2. The van der Waals surface area contributed by atoms with E-state index >= 15 is 0 Å². The minimum Gasteiger partial charge on any atom is -0.372 e. The number of hydrogen-bond acceptors (Lipinski definition) is 3. The molecule has 1 unspecified atom stereocenters. The Labute approximate surface area is 147 Å². The molecule has 0 aliphatic carbocycles. The standard InChI is InChI=1S/C15H19Br2ClO3/c1-8-15-14(21-15)6-10(17)12-7-11(18)13(20-12)5-9(19-8)3-2-4-16/h3-4,8-15H,5-7H2,1H3/t2?,8-,9?,10-,11+,12-,13+,14-,15-/m0/s1. The maximum absolute atomic E-state index is 6.47. The van der Waals surface area contributed by atoms with Crippen molar-refractivity contribution in [3.8, 4) is 0 Å². The molecule has 3 heterocycles. The van der Waals surface area contributed by atoms with E-state index in [4.69, 9.17) is 25.8 Å². The Bertz CT molecular complexity index is 441. The molecule has 0 aromatic rings. The summed E-state index contributed by atoms with van der Waals surface area (Å²) in [6, 6.07) is 0. The molecule has 0 aromatic heterocycles. The summed E-state index contributed by atoms with van der Waals surface area (Å²) < 4.78 is 18.0. The van der Waals surface area contributed by atoms with Gasteiger partial charge in [-0.25, -0.2) is 0 Å². The summed E-state index contributed by atoms with van der Waals surface area (Å²) in [5.74, 6) is 0. The number of ether oxygens (including phenoxy) is 3. The fourth-order valence-corrected chi connectivity index (χ4v) is 4.40. The molecule has 21 heavy (non-hydrogen) atoms. The first-order valence-electron chi connectivity index (χ1n) is 7.34. The Balaban J connectivity index is 1.78. The number of epoxide rings is 1. The number of rotatable bonds is 1. The van der Waals surface area contributed by atoms with Crippen molar-refractivity contribution in [2.45, 2.75) is 73.0 Å². The highest BCUT2D eigenvalue weighted by molar-refractivity contribution is 9.11. The first kappa shape index (κ1) is 16.5. The van der Waals surface area contributed by atoms with Gasteiger partial charge in [-0.15, -0.1) is 17.3 Å². The van der Waals surface area contributed by atoms with E-state index in [1.54, 1.807) is 4.99 Å². The van der Waals surface area contributed by atoms with Crippen molar-refractivity contribution >= 4 is 43.5 Å². The maximum atomic E-state index is 6.47.